The van der Waals surface area contributed by atoms with Crippen molar-refractivity contribution in [1.82, 2.24) is 4.72 Å². The Morgan fingerprint density at radius 2 is 2.05 bits per heavy atom. The van der Waals surface area contributed by atoms with E-state index in [2.05, 4.69) is 9.44 Å². The summed E-state index contributed by atoms with van der Waals surface area (Å²) >= 11 is 0. The van der Waals surface area contributed by atoms with E-state index in [1.807, 2.05) is 0 Å². The van der Waals surface area contributed by atoms with Crippen molar-refractivity contribution in [2.75, 3.05) is 11.3 Å². The van der Waals surface area contributed by atoms with Gasteiger partial charge in [0.25, 0.3) is 10.2 Å². The Morgan fingerprint density at radius 1 is 1.37 bits per heavy atom. The van der Waals surface area contributed by atoms with E-state index < -0.39 is 16.2 Å². The van der Waals surface area contributed by atoms with E-state index in [4.69, 9.17) is 5.11 Å². The number of benzene rings is 1. The summed E-state index contributed by atoms with van der Waals surface area (Å²) in [4.78, 5) is 10.4. The summed E-state index contributed by atoms with van der Waals surface area (Å²) in [6.07, 6.45) is 2.40. The smallest absolute Gasteiger partial charge is 0.328 e. The van der Waals surface area contributed by atoms with Crippen LogP contribution < -0.4 is 9.44 Å². The molecule has 0 aliphatic heterocycles. The lowest BCUT2D eigenvalue weighted by atomic mass is 10.1. The predicted molar refractivity (Wildman–Crippen MR) is 74.1 cm³/mol. The molecule has 0 aliphatic rings. The number of carbonyl (C=O) groups is 1. The van der Waals surface area contributed by atoms with E-state index in [0.29, 0.717) is 11.3 Å². The van der Waals surface area contributed by atoms with Crippen LogP contribution in [0.2, 0.25) is 0 Å². The van der Waals surface area contributed by atoms with Gasteiger partial charge in [-0.15, -0.1) is 0 Å². The van der Waals surface area contributed by atoms with Crippen LogP contribution in [0.15, 0.2) is 24.3 Å². The van der Waals surface area contributed by atoms with Gasteiger partial charge in [-0.3, -0.25) is 4.72 Å². The second-order valence-electron chi connectivity index (χ2n) is 3.91. The molecule has 19 heavy (non-hydrogen) atoms. The first kappa shape index (κ1) is 15.2. The Hall–Kier alpha value is -1.86. The first-order valence-corrected chi connectivity index (χ1v) is 7.11. The van der Waals surface area contributed by atoms with Crippen LogP contribution in [0.4, 0.5) is 5.69 Å². The lowest BCUT2D eigenvalue weighted by Crippen LogP contribution is -2.29. The van der Waals surface area contributed by atoms with Gasteiger partial charge >= 0.3 is 5.97 Å². The molecule has 0 fully saturated rings. The number of hydrogen-bond acceptors (Lipinski definition) is 3. The third-order valence-electron chi connectivity index (χ3n) is 2.10. The maximum absolute atomic E-state index is 11.6. The fourth-order valence-electron chi connectivity index (χ4n) is 1.52. The zero-order valence-electron chi connectivity index (χ0n) is 10.7. The fourth-order valence-corrected chi connectivity index (χ4v) is 2.40. The average molecular weight is 284 g/mol. The molecule has 0 unspecified atom stereocenters. The predicted octanol–water partition coefficient (Wildman–Crippen LogP) is 1.36. The van der Waals surface area contributed by atoms with Gasteiger partial charge in [-0.2, -0.15) is 13.1 Å². The summed E-state index contributed by atoms with van der Waals surface area (Å²) in [6, 6.07) is 4.97. The monoisotopic (exact) mass is 284 g/mol. The summed E-state index contributed by atoms with van der Waals surface area (Å²) in [7, 11) is -3.59. The van der Waals surface area contributed by atoms with Crippen LogP contribution in [0.25, 0.3) is 6.08 Å². The van der Waals surface area contributed by atoms with E-state index in [9.17, 15) is 13.2 Å². The summed E-state index contributed by atoms with van der Waals surface area (Å²) in [5.41, 5.74) is 1.81. The average Bonchev–Trinajstić information content (AvgIpc) is 2.24. The maximum Gasteiger partial charge on any atom is 0.328 e. The molecular weight excluding hydrogens is 268 g/mol. The van der Waals surface area contributed by atoms with Gasteiger partial charge in [-0.25, -0.2) is 4.79 Å². The lowest BCUT2D eigenvalue weighted by molar-refractivity contribution is -0.131. The molecular formula is C12H16N2O4S. The van der Waals surface area contributed by atoms with Gasteiger partial charge in [0, 0.05) is 12.6 Å². The minimum Gasteiger partial charge on any atom is -0.478 e. The molecule has 0 aromatic heterocycles. The standard InChI is InChI=1S/C12H16N2O4S/c1-3-13-19(17,18)14-11-7-9(2)6-10(8-11)4-5-12(15)16/h4-8,13-14H,3H2,1-2H3,(H,15,16)/b5-4+. The Labute approximate surface area is 112 Å². The normalized spacial score (nSPS) is 11.7. The van der Waals surface area contributed by atoms with E-state index in [-0.39, 0.29) is 6.54 Å². The Morgan fingerprint density at radius 3 is 2.63 bits per heavy atom. The van der Waals surface area contributed by atoms with E-state index in [1.165, 1.54) is 6.08 Å². The lowest BCUT2D eigenvalue weighted by Gasteiger charge is -2.09. The molecule has 1 aromatic rings. The molecule has 3 N–H and O–H groups in total. The van der Waals surface area contributed by atoms with Crippen LogP contribution >= 0.6 is 0 Å². The topological polar surface area (TPSA) is 95.5 Å². The van der Waals surface area contributed by atoms with Gasteiger partial charge in [0.15, 0.2) is 0 Å². The van der Waals surface area contributed by atoms with Crippen LogP contribution in [-0.4, -0.2) is 26.0 Å². The molecule has 0 aliphatic carbocycles. The number of carboxylic acid groups (broad SMARTS) is 1. The van der Waals surface area contributed by atoms with Crippen LogP contribution in [-0.2, 0) is 15.0 Å². The van der Waals surface area contributed by atoms with Crippen molar-refractivity contribution in [3.8, 4) is 0 Å². The summed E-state index contributed by atoms with van der Waals surface area (Å²) in [5.74, 6) is -1.06. The summed E-state index contributed by atoms with van der Waals surface area (Å²) in [6.45, 7) is 3.76. The Bertz CT molecular complexity index is 594. The summed E-state index contributed by atoms with van der Waals surface area (Å²) < 4.78 is 27.8. The molecule has 6 nitrogen and oxygen atoms in total. The van der Waals surface area contributed by atoms with Crippen LogP contribution in [0.3, 0.4) is 0 Å². The third kappa shape index (κ3) is 5.54. The largest absolute Gasteiger partial charge is 0.478 e. The minimum atomic E-state index is -3.59. The fraction of sp³-hybridized carbons (Fsp3) is 0.250. The molecule has 0 radical (unpaired) electrons. The number of carboxylic acids is 1. The third-order valence-corrected chi connectivity index (χ3v) is 3.28. The second kappa shape index (κ2) is 6.35. The van der Waals surface area contributed by atoms with Crippen LogP contribution in [0.5, 0.6) is 0 Å². The molecule has 1 rings (SSSR count). The van der Waals surface area contributed by atoms with Crippen LogP contribution in [0.1, 0.15) is 18.1 Å². The molecule has 0 heterocycles. The van der Waals surface area contributed by atoms with E-state index in [1.54, 1.807) is 32.0 Å². The van der Waals surface area contributed by atoms with Crippen molar-refractivity contribution < 1.29 is 18.3 Å². The SMILES string of the molecule is CCNS(=O)(=O)Nc1cc(C)cc(/C=C/C(=O)O)c1. The van der Waals surface area contributed by atoms with Gasteiger partial charge in [-0.05, 0) is 36.3 Å². The molecule has 0 saturated carbocycles. The van der Waals surface area contributed by atoms with E-state index in [0.717, 1.165) is 11.6 Å². The number of nitrogens with one attached hydrogen (secondary N) is 2. The van der Waals surface area contributed by atoms with Gasteiger partial charge < -0.3 is 5.11 Å². The molecule has 7 heteroatoms. The first-order chi connectivity index (χ1) is 8.82. The van der Waals surface area contributed by atoms with Crippen molar-refractivity contribution in [3.63, 3.8) is 0 Å². The van der Waals surface area contributed by atoms with Gasteiger partial charge in [0.1, 0.15) is 0 Å². The summed E-state index contributed by atoms with van der Waals surface area (Å²) in [5, 5.41) is 8.56. The molecule has 104 valence electrons. The zero-order valence-corrected chi connectivity index (χ0v) is 11.5. The first-order valence-electron chi connectivity index (χ1n) is 5.62. The number of anilines is 1. The van der Waals surface area contributed by atoms with E-state index >= 15 is 0 Å². The highest BCUT2D eigenvalue weighted by atomic mass is 32.2. The quantitative estimate of drug-likeness (QED) is 0.687. The second-order valence-corrected chi connectivity index (χ2v) is 5.41. The minimum absolute atomic E-state index is 0.285. The highest BCUT2D eigenvalue weighted by Gasteiger charge is 2.08. The van der Waals surface area contributed by atoms with Gasteiger partial charge in [0.2, 0.25) is 0 Å². The molecule has 0 atom stereocenters. The van der Waals surface area contributed by atoms with Gasteiger partial charge in [0.05, 0.1) is 5.69 Å². The number of rotatable bonds is 6. The van der Waals surface area contributed by atoms with Crippen molar-refractivity contribution in [1.29, 1.82) is 0 Å². The highest BCUT2D eigenvalue weighted by molar-refractivity contribution is 7.90. The van der Waals surface area contributed by atoms with Crippen LogP contribution in [0, 0.1) is 6.92 Å². The number of aliphatic carboxylic acids is 1. The maximum atomic E-state index is 11.6. The zero-order chi connectivity index (χ0) is 14.5. The molecule has 1 aromatic carbocycles. The van der Waals surface area contributed by atoms with Crippen molar-refractivity contribution in [3.05, 3.63) is 35.4 Å². The molecule has 0 amide bonds. The molecule has 0 saturated heterocycles. The van der Waals surface area contributed by atoms with Crippen molar-refractivity contribution in [2.45, 2.75) is 13.8 Å². The van der Waals surface area contributed by atoms with Crippen molar-refractivity contribution >= 4 is 27.9 Å². The van der Waals surface area contributed by atoms with Crippen molar-refractivity contribution in [2.24, 2.45) is 0 Å². The Balaban J connectivity index is 3.00. The highest BCUT2D eigenvalue weighted by Crippen LogP contribution is 2.16. The number of hydrogen-bond donors (Lipinski definition) is 3. The molecule has 0 bridgehead atoms. The molecule has 0 spiro atoms. The van der Waals surface area contributed by atoms with Gasteiger partial charge in [-0.1, -0.05) is 13.0 Å². The Kier molecular flexibility index (Phi) is 5.08. The number of aryl methyl sites for hydroxylation is 1.